The van der Waals surface area contributed by atoms with Crippen LogP contribution in [0.4, 0.5) is 10.2 Å². The van der Waals surface area contributed by atoms with Gasteiger partial charge in [-0.05, 0) is 47.0 Å². The number of fused-ring (bicyclic) bond motifs is 1. The van der Waals surface area contributed by atoms with Gasteiger partial charge in [0.1, 0.15) is 11.6 Å². The van der Waals surface area contributed by atoms with Gasteiger partial charge < -0.3 is 11.1 Å². The number of primary amides is 1. The minimum absolute atomic E-state index is 0.291. The summed E-state index contributed by atoms with van der Waals surface area (Å²) in [5.41, 5.74) is 5.84. The van der Waals surface area contributed by atoms with E-state index in [2.05, 4.69) is 31.1 Å². The first kappa shape index (κ1) is 16.1. The highest BCUT2D eigenvalue weighted by Crippen LogP contribution is 2.24. The van der Waals surface area contributed by atoms with Gasteiger partial charge in [-0.2, -0.15) is 0 Å². The Kier molecular flexibility index (Phi) is 4.77. The Morgan fingerprint density at radius 1 is 1.39 bits per heavy atom. The van der Waals surface area contributed by atoms with Crippen molar-refractivity contribution in [2.45, 2.75) is 18.9 Å². The van der Waals surface area contributed by atoms with E-state index in [4.69, 9.17) is 5.73 Å². The number of piperidine rings is 1. The summed E-state index contributed by atoms with van der Waals surface area (Å²) < 4.78 is 14.1. The van der Waals surface area contributed by atoms with Gasteiger partial charge in [-0.3, -0.25) is 9.69 Å². The highest BCUT2D eigenvalue weighted by atomic mass is 79.9. The van der Waals surface area contributed by atoms with Crippen LogP contribution in [0.15, 0.2) is 28.7 Å². The molecule has 7 heteroatoms. The number of rotatable bonds is 4. The molecular weight excluding hydrogens is 363 g/mol. The molecule has 0 saturated carbocycles. The number of benzene rings is 1. The van der Waals surface area contributed by atoms with Gasteiger partial charge >= 0.3 is 0 Å². The summed E-state index contributed by atoms with van der Waals surface area (Å²) in [6, 6.07) is 7.29. The predicted molar refractivity (Wildman–Crippen MR) is 91.7 cm³/mol. The van der Waals surface area contributed by atoms with E-state index in [1.807, 2.05) is 12.1 Å². The average molecular weight is 381 g/mol. The second kappa shape index (κ2) is 6.80. The first-order valence-electron chi connectivity index (χ1n) is 7.54. The molecule has 23 heavy (non-hydrogen) atoms. The van der Waals surface area contributed by atoms with E-state index >= 15 is 0 Å². The lowest BCUT2D eigenvalue weighted by molar-refractivity contribution is -0.119. The molecule has 1 amide bonds. The van der Waals surface area contributed by atoms with Crippen LogP contribution in [0.1, 0.15) is 12.8 Å². The van der Waals surface area contributed by atoms with Crippen LogP contribution in [0, 0.1) is 5.82 Å². The molecule has 0 bridgehead atoms. The van der Waals surface area contributed by atoms with E-state index in [0.717, 1.165) is 37.1 Å². The minimum Gasteiger partial charge on any atom is -0.369 e. The van der Waals surface area contributed by atoms with Gasteiger partial charge in [-0.25, -0.2) is 9.37 Å². The molecule has 2 heterocycles. The molecular formula is C16H18BrFN4O. The van der Waals surface area contributed by atoms with Crippen LogP contribution >= 0.6 is 15.9 Å². The third-order valence-corrected chi connectivity index (χ3v) is 4.66. The van der Waals surface area contributed by atoms with E-state index in [1.54, 1.807) is 6.07 Å². The number of nitrogens with zero attached hydrogens (tertiary/aromatic N) is 2. The summed E-state index contributed by atoms with van der Waals surface area (Å²) >= 11 is 3.18. The van der Waals surface area contributed by atoms with Crippen molar-refractivity contribution in [1.82, 2.24) is 9.88 Å². The van der Waals surface area contributed by atoms with Gasteiger partial charge in [0.15, 0.2) is 0 Å². The Balaban J connectivity index is 1.66. The maximum Gasteiger partial charge on any atom is 0.231 e. The second-order valence-electron chi connectivity index (χ2n) is 5.82. The Morgan fingerprint density at radius 3 is 2.83 bits per heavy atom. The van der Waals surface area contributed by atoms with Crippen molar-refractivity contribution in [3.05, 3.63) is 34.6 Å². The summed E-state index contributed by atoms with van der Waals surface area (Å²) in [6.07, 6.45) is 1.84. The summed E-state index contributed by atoms with van der Waals surface area (Å²) in [6.45, 7) is 1.97. The van der Waals surface area contributed by atoms with Gasteiger partial charge in [0, 0.05) is 30.6 Å². The largest absolute Gasteiger partial charge is 0.369 e. The molecule has 5 nitrogen and oxygen atoms in total. The summed E-state index contributed by atoms with van der Waals surface area (Å²) in [5, 5.41) is 4.28. The smallest absolute Gasteiger partial charge is 0.231 e. The zero-order valence-corrected chi connectivity index (χ0v) is 14.1. The number of carbonyl (C=O) groups excluding carboxylic acids is 1. The van der Waals surface area contributed by atoms with Crippen LogP contribution in [-0.4, -0.2) is 41.5 Å². The van der Waals surface area contributed by atoms with Gasteiger partial charge in [0.2, 0.25) is 5.91 Å². The molecule has 1 aromatic carbocycles. The van der Waals surface area contributed by atoms with Crippen LogP contribution in [0.3, 0.4) is 0 Å². The Hall–Kier alpha value is -1.73. The number of amides is 1. The zero-order chi connectivity index (χ0) is 16.4. The molecule has 0 radical (unpaired) electrons. The van der Waals surface area contributed by atoms with Crippen LogP contribution in [-0.2, 0) is 4.79 Å². The lowest BCUT2D eigenvalue weighted by Gasteiger charge is -2.31. The monoisotopic (exact) mass is 380 g/mol. The number of carbonyl (C=O) groups is 1. The summed E-state index contributed by atoms with van der Waals surface area (Å²) in [5.74, 6) is 0.135. The van der Waals surface area contributed by atoms with Crippen molar-refractivity contribution >= 4 is 38.6 Å². The number of hydrogen-bond donors (Lipinski definition) is 2. The molecule has 3 N–H and O–H groups in total. The fourth-order valence-corrected chi connectivity index (χ4v) is 3.22. The van der Waals surface area contributed by atoms with Crippen molar-refractivity contribution in [3.63, 3.8) is 0 Å². The third kappa shape index (κ3) is 3.97. The molecule has 3 rings (SSSR count). The number of nitrogens with one attached hydrogen (secondary N) is 1. The van der Waals surface area contributed by atoms with E-state index in [1.165, 1.54) is 6.07 Å². The van der Waals surface area contributed by atoms with Crippen molar-refractivity contribution in [2.24, 2.45) is 5.73 Å². The third-order valence-electron chi connectivity index (χ3n) is 4.05. The lowest BCUT2D eigenvalue weighted by atomic mass is 10.0. The van der Waals surface area contributed by atoms with Crippen LogP contribution in [0.25, 0.3) is 10.9 Å². The SMILES string of the molecule is NC(=O)CN1CCC(Nc2ccc3cc(Br)c(F)cc3n2)CC1. The number of anilines is 1. The topological polar surface area (TPSA) is 71.2 Å². The Morgan fingerprint density at radius 2 is 2.13 bits per heavy atom. The minimum atomic E-state index is -0.318. The number of halogens is 2. The number of pyridine rings is 1. The second-order valence-corrected chi connectivity index (χ2v) is 6.67. The van der Waals surface area contributed by atoms with E-state index < -0.39 is 0 Å². The molecule has 1 aromatic heterocycles. The molecule has 0 unspecified atom stereocenters. The molecule has 1 aliphatic heterocycles. The number of nitrogens with two attached hydrogens (primary N) is 1. The Labute approximate surface area is 142 Å². The molecule has 2 aromatic rings. The average Bonchev–Trinajstić information content (AvgIpc) is 2.50. The normalized spacial score (nSPS) is 16.6. The quantitative estimate of drug-likeness (QED) is 0.854. The van der Waals surface area contributed by atoms with Gasteiger partial charge in [-0.1, -0.05) is 0 Å². The molecule has 0 aliphatic carbocycles. The number of aromatic nitrogens is 1. The fourth-order valence-electron chi connectivity index (χ4n) is 2.86. The maximum absolute atomic E-state index is 13.6. The molecule has 1 aliphatic rings. The van der Waals surface area contributed by atoms with Gasteiger partial charge in [0.25, 0.3) is 0 Å². The fraction of sp³-hybridized carbons (Fsp3) is 0.375. The lowest BCUT2D eigenvalue weighted by Crippen LogP contribution is -2.43. The Bertz CT molecular complexity index is 731. The molecule has 1 saturated heterocycles. The summed E-state index contributed by atoms with van der Waals surface area (Å²) in [4.78, 5) is 17.5. The van der Waals surface area contributed by atoms with Crippen LogP contribution in [0.5, 0.6) is 0 Å². The number of likely N-dealkylation sites (tertiary alicyclic amines) is 1. The van der Waals surface area contributed by atoms with Crippen molar-refractivity contribution in [1.29, 1.82) is 0 Å². The first-order valence-corrected chi connectivity index (χ1v) is 8.33. The predicted octanol–water partition coefficient (Wildman–Crippen LogP) is 2.50. The van der Waals surface area contributed by atoms with Gasteiger partial charge in [-0.15, -0.1) is 0 Å². The number of hydrogen-bond acceptors (Lipinski definition) is 4. The van der Waals surface area contributed by atoms with E-state index in [9.17, 15) is 9.18 Å². The van der Waals surface area contributed by atoms with Gasteiger partial charge in [0.05, 0.1) is 16.5 Å². The van der Waals surface area contributed by atoms with Crippen molar-refractivity contribution < 1.29 is 9.18 Å². The molecule has 122 valence electrons. The zero-order valence-electron chi connectivity index (χ0n) is 12.6. The summed E-state index contributed by atoms with van der Waals surface area (Å²) in [7, 11) is 0. The molecule has 1 fully saturated rings. The molecule has 0 spiro atoms. The van der Waals surface area contributed by atoms with Crippen LogP contribution in [0.2, 0.25) is 0 Å². The van der Waals surface area contributed by atoms with Crippen molar-refractivity contribution in [3.8, 4) is 0 Å². The maximum atomic E-state index is 13.6. The van der Waals surface area contributed by atoms with Crippen molar-refractivity contribution in [2.75, 3.05) is 25.0 Å². The van der Waals surface area contributed by atoms with E-state index in [0.29, 0.717) is 22.6 Å². The van der Waals surface area contributed by atoms with Crippen LogP contribution < -0.4 is 11.1 Å². The highest BCUT2D eigenvalue weighted by Gasteiger charge is 2.20. The highest BCUT2D eigenvalue weighted by molar-refractivity contribution is 9.10. The standard InChI is InChI=1S/C16H18BrFN4O/c17-12-7-10-1-2-16(21-14(10)8-13(12)18)20-11-3-5-22(6-4-11)9-15(19)23/h1-2,7-8,11H,3-6,9H2,(H2,19,23)(H,20,21). The first-order chi connectivity index (χ1) is 11.0. The van der Waals surface area contributed by atoms with E-state index in [-0.39, 0.29) is 11.7 Å². The molecule has 0 atom stereocenters.